The van der Waals surface area contributed by atoms with Crippen molar-refractivity contribution in [2.24, 2.45) is 0 Å². The van der Waals surface area contributed by atoms with Gasteiger partial charge in [-0.25, -0.2) is 4.98 Å². The van der Waals surface area contributed by atoms with E-state index in [1.54, 1.807) is 12.3 Å². The zero-order valence-corrected chi connectivity index (χ0v) is 9.22. The Hall–Kier alpha value is -2.04. The lowest BCUT2D eigenvalue weighted by molar-refractivity contribution is 0.637. The lowest BCUT2D eigenvalue weighted by atomic mass is 10.4. The fraction of sp³-hybridized carbons (Fsp3) is 0.273. The molecule has 0 atom stereocenters. The molecule has 84 valence electrons. The molecule has 0 bridgehead atoms. The molecule has 0 aromatic carbocycles. The van der Waals surface area contributed by atoms with Gasteiger partial charge in [-0.1, -0.05) is 0 Å². The van der Waals surface area contributed by atoms with Crippen molar-refractivity contribution in [3.63, 3.8) is 0 Å². The van der Waals surface area contributed by atoms with Crippen molar-refractivity contribution >= 4 is 11.5 Å². The minimum Gasteiger partial charge on any atom is -0.399 e. The molecule has 2 aromatic rings. The van der Waals surface area contributed by atoms with Gasteiger partial charge >= 0.3 is 0 Å². The normalized spacial score (nSPS) is 10.3. The molecule has 16 heavy (non-hydrogen) atoms. The van der Waals surface area contributed by atoms with E-state index in [-0.39, 0.29) is 0 Å². The SMILES string of the molecule is Cc1cnn(CCNc2cc(N)ccn2)c1. The summed E-state index contributed by atoms with van der Waals surface area (Å²) < 4.78 is 1.90. The van der Waals surface area contributed by atoms with Gasteiger partial charge in [-0.15, -0.1) is 0 Å². The Kier molecular flexibility index (Phi) is 3.05. The number of nitrogen functional groups attached to an aromatic ring is 1. The van der Waals surface area contributed by atoms with Crippen LogP contribution < -0.4 is 11.1 Å². The molecular formula is C11H15N5. The Morgan fingerprint density at radius 3 is 3.06 bits per heavy atom. The van der Waals surface area contributed by atoms with Crippen LogP contribution in [0.25, 0.3) is 0 Å². The van der Waals surface area contributed by atoms with Crippen molar-refractivity contribution in [1.82, 2.24) is 14.8 Å². The van der Waals surface area contributed by atoms with Crippen LogP contribution >= 0.6 is 0 Å². The van der Waals surface area contributed by atoms with Crippen molar-refractivity contribution in [3.05, 3.63) is 36.3 Å². The quantitative estimate of drug-likeness (QED) is 0.809. The smallest absolute Gasteiger partial charge is 0.128 e. The van der Waals surface area contributed by atoms with Crippen molar-refractivity contribution in [3.8, 4) is 0 Å². The summed E-state index contributed by atoms with van der Waals surface area (Å²) in [5.41, 5.74) is 7.53. The molecule has 5 nitrogen and oxygen atoms in total. The molecule has 0 fully saturated rings. The zero-order valence-electron chi connectivity index (χ0n) is 9.22. The van der Waals surface area contributed by atoms with Crippen LogP contribution in [0.2, 0.25) is 0 Å². The number of nitrogens with two attached hydrogens (primary N) is 1. The summed E-state index contributed by atoms with van der Waals surface area (Å²) in [6.07, 6.45) is 5.54. The maximum absolute atomic E-state index is 5.65. The van der Waals surface area contributed by atoms with Gasteiger partial charge in [-0.2, -0.15) is 5.10 Å². The average Bonchev–Trinajstić information content (AvgIpc) is 2.64. The molecular weight excluding hydrogens is 202 g/mol. The van der Waals surface area contributed by atoms with E-state index in [0.29, 0.717) is 5.69 Å². The minimum absolute atomic E-state index is 0.715. The maximum Gasteiger partial charge on any atom is 0.128 e. The number of pyridine rings is 1. The van der Waals surface area contributed by atoms with Gasteiger partial charge in [0, 0.05) is 30.7 Å². The highest BCUT2D eigenvalue weighted by molar-refractivity contribution is 5.48. The number of aromatic nitrogens is 3. The van der Waals surface area contributed by atoms with E-state index in [4.69, 9.17) is 5.73 Å². The molecule has 0 aliphatic carbocycles. The summed E-state index contributed by atoms with van der Waals surface area (Å²) in [4.78, 5) is 4.16. The van der Waals surface area contributed by atoms with E-state index in [9.17, 15) is 0 Å². The van der Waals surface area contributed by atoms with Crippen LogP contribution in [0.15, 0.2) is 30.7 Å². The monoisotopic (exact) mass is 217 g/mol. The van der Waals surface area contributed by atoms with Crippen LogP contribution in [-0.4, -0.2) is 21.3 Å². The third-order valence-corrected chi connectivity index (χ3v) is 2.19. The Morgan fingerprint density at radius 1 is 1.50 bits per heavy atom. The number of aryl methyl sites for hydroxylation is 1. The number of hydrogen-bond donors (Lipinski definition) is 2. The summed E-state index contributed by atoms with van der Waals surface area (Å²) in [5, 5.41) is 7.39. The van der Waals surface area contributed by atoms with Gasteiger partial charge in [0.15, 0.2) is 0 Å². The molecule has 0 aliphatic rings. The highest BCUT2D eigenvalue weighted by Crippen LogP contribution is 2.07. The topological polar surface area (TPSA) is 68.8 Å². The zero-order chi connectivity index (χ0) is 11.4. The second-order valence-electron chi connectivity index (χ2n) is 3.68. The van der Waals surface area contributed by atoms with Crippen molar-refractivity contribution < 1.29 is 0 Å². The van der Waals surface area contributed by atoms with Crippen LogP contribution in [0.3, 0.4) is 0 Å². The Morgan fingerprint density at radius 2 is 2.38 bits per heavy atom. The second kappa shape index (κ2) is 4.65. The van der Waals surface area contributed by atoms with Crippen LogP contribution in [0.5, 0.6) is 0 Å². The maximum atomic E-state index is 5.65. The first kappa shape index (κ1) is 10.5. The predicted molar refractivity (Wildman–Crippen MR) is 64.1 cm³/mol. The van der Waals surface area contributed by atoms with Gasteiger partial charge in [-0.05, 0) is 18.6 Å². The van der Waals surface area contributed by atoms with Gasteiger partial charge in [0.25, 0.3) is 0 Å². The number of nitrogens with zero attached hydrogens (tertiary/aromatic N) is 3. The molecule has 0 unspecified atom stereocenters. The van der Waals surface area contributed by atoms with Gasteiger partial charge in [0.1, 0.15) is 5.82 Å². The average molecular weight is 217 g/mol. The fourth-order valence-corrected chi connectivity index (χ4v) is 1.43. The van der Waals surface area contributed by atoms with Crippen LogP contribution in [0.4, 0.5) is 11.5 Å². The van der Waals surface area contributed by atoms with E-state index in [0.717, 1.165) is 18.9 Å². The van der Waals surface area contributed by atoms with E-state index in [2.05, 4.69) is 15.4 Å². The second-order valence-corrected chi connectivity index (χ2v) is 3.68. The first-order valence-corrected chi connectivity index (χ1v) is 5.18. The van der Waals surface area contributed by atoms with Gasteiger partial charge < -0.3 is 11.1 Å². The van der Waals surface area contributed by atoms with E-state index < -0.39 is 0 Å². The van der Waals surface area contributed by atoms with E-state index in [1.807, 2.05) is 30.1 Å². The molecule has 0 saturated heterocycles. The molecule has 2 rings (SSSR count). The van der Waals surface area contributed by atoms with E-state index >= 15 is 0 Å². The van der Waals surface area contributed by atoms with Gasteiger partial charge in [-0.3, -0.25) is 4.68 Å². The third-order valence-electron chi connectivity index (χ3n) is 2.19. The first-order chi connectivity index (χ1) is 7.74. The Labute approximate surface area is 94.3 Å². The minimum atomic E-state index is 0.715. The van der Waals surface area contributed by atoms with Crippen LogP contribution in [-0.2, 0) is 6.54 Å². The van der Waals surface area contributed by atoms with E-state index in [1.165, 1.54) is 5.56 Å². The summed E-state index contributed by atoms with van der Waals surface area (Å²) in [7, 11) is 0. The molecule has 0 aliphatic heterocycles. The number of anilines is 2. The molecule has 0 amide bonds. The third kappa shape index (κ3) is 2.73. The van der Waals surface area contributed by atoms with Gasteiger partial charge in [0.05, 0.1) is 12.7 Å². The molecule has 3 N–H and O–H groups in total. The van der Waals surface area contributed by atoms with Crippen molar-refractivity contribution in [2.75, 3.05) is 17.6 Å². The summed E-state index contributed by atoms with van der Waals surface area (Å²) in [6, 6.07) is 3.58. The fourth-order valence-electron chi connectivity index (χ4n) is 1.43. The van der Waals surface area contributed by atoms with Crippen molar-refractivity contribution in [1.29, 1.82) is 0 Å². The highest BCUT2D eigenvalue weighted by Gasteiger charge is 1.96. The highest BCUT2D eigenvalue weighted by atomic mass is 15.3. The number of hydrogen-bond acceptors (Lipinski definition) is 4. The number of rotatable bonds is 4. The number of nitrogens with one attached hydrogen (secondary N) is 1. The predicted octanol–water partition coefficient (Wildman–Crippen LogP) is 1.28. The molecule has 0 saturated carbocycles. The lowest BCUT2D eigenvalue weighted by Gasteiger charge is -2.05. The standard InChI is InChI=1S/C11H15N5/c1-9-7-15-16(8-9)5-4-14-11-6-10(12)2-3-13-11/h2-3,6-8H,4-5H2,1H3,(H3,12,13,14). The molecule has 5 heteroatoms. The summed E-state index contributed by atoms with van der Waals surface area (Å²) >= 11 is 0. The molecule has 0 radical (unpaired) electrons. The van der Waals surface area contributed by atoms with Crippen LogP contribution in [0.1, 0.15) is 5.56 Å². The summed E-state index contributed by atoms with van der Waals surface area (Å²) in [6.45, 7) is 3.61. The largest absolute Gasteiger partial charge is 0.399 e. The molecule has 2 aromatic heterocycles. The first-order valence-electron chi connectivity index (χ1n) is 5.18. The Bertz CT molecular complexity index is 463. The lowest BCUT2D eigenvalue weighted by Crippen LogP contribution is -2.11. The van der Waals surface area contributed by atoms with Gasteiger partial charge in [0.2, 0.25) is 0 Å². The Balaban J connectivity index is 1.84. The summed E-state index contributed by atoms with van der Waals surface area (Å²) in [5.74, 6) is 0.795. The molecule has 2 heterocycles. The molecule has 0 spiro atoms. The van der Waals surface area contributed by atoms with Crippen molar-refractivity contribution in [2.45, 2.75) is 13.5 Å². The van der Waals surface area contributed by atoms with Crippen LogP contribution in [0, 0.1) is 6.92 Å².